The topological polar surface area (TPSA) is 51.5 Å². The number of aromatic nitrogens is 3. The third-order valence-electron chi connectivity index (χ3n) is 3.17. The van der Waals surface area contributed by atoms with Gasteiger partial charge in [-0.25, -0.2) is 9.50 Å². The first-order chi connectivity index (χ1) is 9.54. The smallest absolute Gasteiger partial charge is 0.435 e. The van der Waals surface area contributed by atoms with Gasteiger partial charge in [-0.15, -0.1) is 0 Å². The van der Waals surface area contributed by atoms with Crippen LogP contribution in [0.25, 0.3) is 5.52 Å². The highest BCUT2D eigenvalue weighted by molar-refractivity contribution is 5.57. The van der Waals surface area contributed by atoms with Gasteiger partial charge in [0, 0.05) is 25.0 Å². The summed E-state index contributed by atoms with van der Waals surface area (Å²) in [7, 11) is 0. The van der Waals surface area contributed by atoms with E-state index >= 15 is 0 Å². The second-order valence-corrected chi connectivity index (χ2v) is 4.68. The monoisotopic (exact) mass is 286 g/mol. The van der Waals surface area contributed by atoms with Crippen LogP contribution in [0.1, 0.15) is 18.5 Å². The van der Waals surface area contributed by atoms with Crippen LogP contribution in [0.4, 0.5) is 13.2 Å². The first kappa shape index (κ1) is 13.2. The summed E-state index contributed by atoms with van der Waals surface area (Å²) < 4.78 is 44.8. The van der Waals surface area contributed by atoms with E-state index in [1.54, 1.807) is 0 Å². The van der Waals surface area contributed by atoms with Crippen molar-refractivity contribution in [3.63, 3.8) is 0 Å². The summed E-state index contributed by atoms with van der Waals surface area (Å²) >= 11 is 0. The Bertz CT molecular complexity index is 604. The number of fused-ring (bicyclic) bond motifs is 1. The Hall–Kier alpha value is -1.83. The Kier molecular flexibility index (Phi) is 3.25. The summed E-state index contributed by atoms with van der Waals surface area (Å²) in [6, 6.07) is 0.957. The van der Waals surface area contributed by atoms with Gasteiger partial charge >= 0.3 is 6.18 Å². The summed E-state index contributed by atoms with van der Waals surface area (Å²) in [4.78, 5) is 4.02. The fraction of sp³-hybridized carbons (Fsp3) is 0.500. The quantitative estimate of drug-likeness (QED) is 0.916. The zero-order chi connectivity index (χ0) is 14.2. The maximum atomic E-state index is 12.7. The second kappa shape index (κ2) is 4.93. The average Bonchev–Trinajstić information content (AvgIpc) is 2.85. The van der Waals surface area contributed by atoms with Crippen LogP contribution in [-0.2, 0) is 6.18 Å². The van der Waals surface area contributed by atoms with E-state index in [0.717, 1.165) is 30.0 Å². The van der Waals surface area contributed by atoms with Gasteiger partial charge in [-0.2, -0.15) is 18.3 Å². The summed E-state index contributed by atoms with van der Waals surface area (Å²) in [6.07, 6.45) is 0.0288. The number of nitrogens with one attached hydrogen (secondary N) is 1. The number of piperidine rings is 1. The molecule has 1 fully saturated rings. The third-order valence-corrected chi connectivity index (χ3v) is 3.17. The number of alkyl halides is 3. The van der Waals surface area contributed by atoms with E-state index < -0.39 is 11.9 Å². The van der Waals surface area contributed by atoms with E-state index in [0.29, 0.717) is 6.54 Å². The molecule has 1 atom stereocenters. The predicted octanol–water partition coefficient (Wildman–Crippen LogP) is 1.88. The first-order valence-electron chi connectivity index (χ1n) is 6.33. The molecule has 3 rings (SSSR count). The molecule has 0 aliphatic carbocycles. The molecular formula is C12H13F3N4O. The maximum Gasteiger partial charge on any atom is 0.435 e. The molecule has 1 aliphatic rings. The van der Waals surface area contributed by atoms with Gasteiger partial charge in [-0.05, 0) is 19.4 Å². The number of nitrogens with zero attached hydrogens (tertiary/aromatic N) is 3. The van der Waals surface area contributed by atoms with Crippen LogP contribution < -0.4 is 10.1 Å². The van der Waals surface area contributed by atoms with Gasteiger partial charge in [0.1, 0.15) is 11.6 Å². The minimum absolute atomic E-state index is 0.0771. The van der Waals surface area contributed by atoms with Gasteiger partial charge in [-0.3, -0.25) is 0 Å². The van der Waals surface area contributed by atoms with Crippen molar-refractivity contribution < 1.29 is 17.9 Å². The van der Waals surface area contributed by atoms with Crippen molar-refractivity contribution in [3.8, 4) is 5.88 Å². The minimum Gasteiger partial charge on any atom is -0.471 e. The van der Waals surface area contributed by atoms with E-state index in [1.807, 2.05) is 0 Å². The summed E-state index contributed by atoms with van der Waals surface area (Å²) in [6.45, 7) is 1.60. The highest BCUT2D eigenvalue weighted by Gasteiger charge is 2.34. The van der Waals surface area contributed by atoms with Crippen LogP contribution in [0, 0.1) is 0 Å². The molecule has 1 unspecified atom stereocenters. The normalized spacial score (nSPS) is 20.2. The molecule has 0 spiro atoms. The molecule has 0 saturated carbocycles. The van der Waals surface area contributed by atoms with Crippen LogP contribution in [0.5, 0.6) is 5.88 Å². The lowest BCUT2D eigenvalue weighted by atomic mass is 10.1. The molecule has 2 aromatic heterocycles. The second-order valence-electron chi connectivity index (χ2n) is 4.68. The van der Waals surface area contributed by atoms with E-state index in [9.17, 15) is 13.2 Å². The molecule has 0 bridgehead atoms. The van der Waals surface area contributed by atoms with Crippen molar-refractivity contribution in [3.05, 3.63) is 24.2 Å². The maximum absolute atomic E-state index is 12.7. The van der Waals surface area contributed by atoms with E-state index in [1.165, 1.54) is 12.4 Å². The highest BCUT2D eigenvalue weighted by Crippen LogP contribution is 2.30. The van der Waals surface area contributed by atoms with Gasteiger partial charge in [0.05, 0.1) is 0 Å². The van der Waals surface area contributed by atoms with Gasteiger partial charge in [0.2, 0.25) is 5.88 Å². The molecule has 0 amide bonds. The van der Waals surface area contributed by atoms with Crippen molar-refractivity contribution in [1.29, 1.82) is 0 Å². The van der Waals surface area contributed by atoms with Gasteiger partial charge in [0.15, 0.2) is 5.69 Å². The van der Waals surface area contributed by atoms with Crippen molar-refractivity contribution in [1.82, 2.24) is 19.9 Å². The molecule has 20 heavy (non-hydrogen) atoms. The lowest BCUT2D eigenvalue weighted by molar-refractivity contribution is -0.141. The first-order valence-corrected chi connectivity index (χ1v) is 6.33. The highest BCUT2D eigenvalue weighted by atomic mass is 19.4. The Labute approximate surface area is 112 Å². The summed E-state index contributed by atoms with van der Waals surface area (Å²) in [5.41, 5.74) is -0.720. The Morgan fingerprint density at radius 2 is 2.25 bits per heavy atom. The summed E-state index contributed by atoms with van der Waals surface area (Å²) in [5, 5.41) is 6.67. The number of hydrogen-bond acceptors (Lipinski definition) is 4. The van der Waals surface area contributed by atoms with Crippen molar-refractivity contribution in [2.24, 2.45) is 0 Å². The molecule has 8 heteroatoms. The standard InChI is InChI=1S/C12H13F3N4O/c13-12(14,15)10-6-9-11(17-4-5-19(9)18-10)20-8-2-1-3-16-7-8/h4-6,8,16H,1-3,7H2. The van der Waals surface area contributed by atoms with Crippen LogP contribution in [0.3, 0.4) is 0 Å². The fourth-order valence-corrected chi connectivity index (χ4v) is 2.21. The fourth-order valence-electron chi connectivity index (χ4n) is 2.21. The molecule has 108 valence electrons. The zero-order valence-corrected chi connectivity index (χ0v) is 10.5. The zero-order valence-electron chi connectivity index (χ0n) is 10.5. The molecule has 2 aromatic rings. The number of ether oxygens (including phenoxy) is 1. The SMILES string of the molecule is FC(F)(F)c1cc2c(OC3CCCNC3)nccn2n1. The van der Waals surface area contributed by atoms with Crippen LogP contribution in [0.2, 0.25) is 0 Å². The van der Waals surface area contributed by atoms with E-state index in [4.69, 9.17) is 4.74 Å². The largest absolute Gasteiger partial charge is 0.471 e. The Morgan fingerprint density at radius 1 is 1.40 bits per heavy atom. The minimum atomic E-state index is -4.48. The molecule has 3 heterocycles. The molecule has 0 radical (unpaired) electrons. The number of halogens is 3. The lowest BCUT2D eigenvalue weighted by Crippen LogP contribution is -2.37. The third kappa shape index (κ3) is 2.55. The van der Waals surface area contributed by atoms with E-state index in [-0.39, 0.29) is 17.5 Å². The number of hydrogen-bond donors (Lipinski definition) is 1. The predicted molar refractivity (Wildman–Crippen MR) is 64.5 cm³/mol. The molecule has 1 aliphatic heterocycles. The Morgan fingerprint density at radius 3 is 2.95 bits per heavy atom. The van der Waals surface area contributed by atoms with Crippen molar-refractivity contribution in [2.75, 3.05) is 13.1 Å². The molecule has 1 N–H and O–H groups in total. The molecule has 5 nitrogen and oxygen atoms in total. The van der Waals surface area contributed by atoms with Crippen LogP contribution in [0.15, 0.2) is 18.5 Å². The lowest BCUT2D eigenvalue weighted by Gasteiger charge is -2.23. The van der Waals surface area contributed by atoms with Crippen LogP contribution >= 0.6 is 0 Å². The molecule has 0 aromatic carbocycles. The van der Waals surface area contributed by atoms with Gasteiger partial charge in [0.25, 0.3) is 0 Å². The van der Waals surface area contributed by atoms with Gasteiger partial charge < -0.3 is 10.1 Å². The average molecular weight is 286 g/mol. The Balaban J connectivity index is 1.92. The number of rotatable bonds is 2. The van der Waals surface area contributed by atoms with Crippen LogP contribution in [-0.4, -0.2) is 33.8 Å². The molecule has 1 saturated heterocycles. The summed E-state index contributed by atoms with van der Waals surface area (Å²) in [5.74, 6) is 0.184. The van der Waals surface area contributed by atoms with Crippen molar-refractivity contribution >= 4 is 5.52 Å². The van der Waals surface area contributed by atoms with E-state index in [2.05, 4.69) is 15.4 Å². The molecular weight excluding hydrogens is 273 g/mol. The van der Waals surface area contributed by atoms with Crippen molar-refractivity contribution in [2.45, 2.75) is 25.1 Å². The van der Waals surface area contributed by atoms with Gasteiger partial charge in [-0.1, -0.05) is 0 Å².